The Kier molecular flexibility index (Phi) is 5.49. The molecule has 1 saturated heterocycles. The van der Waals surface area contributed by atoms with Crippen molar-refractivity contribution in [3.63, 3.8) is 0 Å². The van der Waals surface area contributed by atoms with Crippen LogP contribution in [0.15, 0.2) is 54.6 Å². The van der Waals surface area contributed by atoms with Crippen LogP contribution in [-0.2, 0) is 0 Å². The lowest BCUT2D eigenvalue weighted by molar-refractivity contribution is 0.283. The average Bonchev–Trinajstić information content (AvgIpc) is 2.63. The van der Waals surface area contributed by atoms with Crippen molar-refractivity contribution in [1.29, 1.82) is 0 Å². The minimum Gasteiger partial charge on any atom is -0.496 e. The highest BCUT2D eigenvalue weighted by Crippen LogP contribution is 2.21. The van der Waals surface area contributed by atoms with Crippen molar-refractivity contribution in [2.75, 3.05) is 44.7 Å². The number of piperazine rings is 1. The number of rotatable bonds is 5. The third kappa shape index (κ3) is 3.95. The number of benzene rings is 2. The third-order valence-electron chi connectivity index (χ3n) is 4.37. The minimum absolute atomic E-state index is 0.137. The van der Waals surface area contributed by atoms with E-state index in [0.717, 1.165) is 44.0 Å². The van der Waals surface area contributed by atoms with Crippen LogP contribution in [0.5, 0.6) is 5.75 Å². The smallest absolute Gasteiger partial charge is 0.146 e. The summed E-state index contributed by atoms with van der Waals surface area (Å²) < 4.78 is 19.2. The second-order valence-corrected chi connectivity index (χ2v) is 5.88. The van der Waals surface area contributed by atoms with Crippen LogP contribution < -0.4 is 9.64 Å². The van der Waals surface area contributed by atoms with E-state index in [0.29, 0.717) is 5.69 Å². The predicted molar refractivity (Wildman–Crippen MR) is 97.1 cm³/mol. The number of anilines is 1. The van der Waals surface area contributed by atoms with Gasteiger partial charge in [-0.05, 0) is 18.2 Å². The van der Waals surface area contributed by atoms with Crippen LogP contribution in [0, 0.1) is 5.82 Å². The first-order valence-electron chi connectivity index (χ1n) is 8.29. The number of methoxy groups -OCH3 is 1. The molecule has 0 radical (unpaired) electrons. The molecule has 4 heteroatoms. The van der Waals surface area contributed by atoms with Gasteiger partial charge in [0.2, 0.25) is 0 Å². The van der Waals surface area contributed by atoms with Crippen LogP contribution in [-0.4, -0.2) is 44.7 Å². The molecule has 0 saturated carbocycles. The molecule has 3 nitrogen and oxygen atoms in total. The average molecular weight is 326 g/mol. The van der Waals surface area contributed by atoms with E-state index < -0.39 is 0 Å². The largest absolute Gasteiger partial charge is 0.496 e. The Labute approximate surface area is 143 Å². The highest BCUT2D eigenvalue weighted by atomic mass is 19.1. The molecule has 3 rings (SSSR count). The van der Waals surface area contributed by atoms with Crippen LogP contribution in [0.3, 0.4) is 0 Å². The Bertz CT molecular complexity index is 694. The number of hydrogen-bond acceptors (Lipinski definition) is 3. The Morgan fingerprint density at radius 2 is 1.71 bits per heavy atom. The molecular weight excluding hydrogens is 303 g/mol. The van der Waals surface area contributed by atoms with Crippen LogP contribution in [0.4, 0.5) is 10.1 Å². The van der Waals surface area contributed by atoms with Gasteiger partial charge in [0.1, 0.15) is 11.6 Å². The molecule has 0 amide bonds. The molecule has 0 aliphatic carbocycles. The molecule has 1 fully saturated rings. The van der Waals surface area contributed by atoms with Crippen molar-refractivity contribution in [3.8, 4) is 5.75 Å². The van der Waals surface area contributed by atoms with Gasteiger partial charge in [0.15, 0.2) is 0 Å². The molecule has 126 valence electrons. The highest BCUT2D eigenvalue weighted by molar-refractivity contribution is 5.57. The van der Waals surface area contributed by atoms with E-state index >= 15 is 0 Å². The first-order chi connectivity index (χ1) is 11.8. The number of ether oxygens (including phenoxy) is 1. The molecule has 24 heavy (non-hydrogen) atoms. The summed E-state index contributed by atoms with van der Waals surface area (Å²) in [5.41, 5.74) is 1.80. The molecule has 0 unspecified atom stereocenters. The summed E-state index contributed by atoms with van der Waals surface area (Å²) in [6, 6.07) is 15.0. The predicted octanol–water partition coefficient (Wildman–Crippen LogP) is 3.67. The summed E-state index contributed by atoms with van der Waals surface area (Å²) in [6.45, 7) is 4.46. The van der Waals surface area contributed by atoms with Crippen molar-refractivity contribution < 1.29 is 9.13 Å². The number of para-hydroxylation sites is 2. The first kappa shape index (κ1) is 16.5. The Morgan fingerprint density at radius 3 is 2.46 bits per heavy atom. The second kappa shape index (κ2) is 7.97. The third-order valence-corrected chi connectivity index (χ3v) is 4.37. The van der Waals surface area contributed by atoms with Gasteiger partial charge in [0.25, 0.3) is 0 Å². The van der Waals surface area contributed by atoms with E-state index in [9.17, 15) is 4.39 Å². The summed E-state index contributed by atoms with van der Waals surface area (Å²) >= 11 is 0. The molecule has 2 aromatic rings. The summed E-state index contributed by atoms with van der Waals surface area (Å²) in [4.78, 5) is 4.50. The van der Waals surface area contributed by atoms with Crippen molar-refractivity contribution in [2.45, 2.75) is 0 Å². The van der Waals surface area contributed by atoms with Crippen molar-refractivity contribution in [2.24, 2.45) is 0 Å². The summed E-state index contributed by atoms with van der Waals surface area (Å²) in [5.74, 6) is 0.750. The van der Waals surface area contributed by atoms with E-state index in [1.807, 2.05) is 36.4 Å². The molecule has 0 spiro atoms. The normalized spacial score (nSPS) is 15.8. The fourth-order valence-electron chi connectivity index (χ4n) is 3.01. The van der Waals surface area contributed by atoms with Crippen LogP contribution >= 0.6 is 0 Å². The molecule has 1 aliphatic heterocycles. The SMILES string of the molecule is COc1ccccc1C=CCN1CCN(c2ccccc2F)CC1. The monoisotopic (exact) mass is 326 g/mol. The summed E-state index contributed by atoms with van der Waals surface area (Å²) in [5, 5.41) is 0. The van der Waals surface area contributed by atoms with Gasteiger partial charge in [-0.1, -0.05) is 42.5 Å². The lowest BCUT2D eigenvalue weighted by atomic mass is 10.2. The van der Waals surface area contributed by atoms with Gasteiger partial charge in [-0.25, -0.2) is 4.39 Å². The Balaban J connectivity index is 1.52. The Morgan fingerprint density at radius 1 is 1.00 bits per heavy atom. The number of hydrogen-bond donors (Lipinski definition) is 0. The quantitative estimate of drug-likeness (QED) is 0.834. The van der Waals surface area contributed by atoms with Gasteiger partial charge >= 0.3 is 0 Å². The van der Waals surface area contributed by atoms with Crippen LogP contribution in [0.25, 0.3) is 6.08 Å². The Hall–Kier alpha value is -2.33. The first-order valence-corrected chi connectivity index (χ1v) is 8.29. The van der Waals surface area contributed by atoms with Gasteiger partial charge in [-0.15, -0.1) is 0 Å². The minimum atomic E-state index is -0.137. The van der Waals surface area contributed by atoms with Gasteiger partial charge in [0, 0.05) is 38.3 Å². The zero-order valence-corrected chi connectivity index (χ0v) is 14.0. The zero-order chi connectivity index (χ0) is 16.8. The van der Waals surface area contributed by atoms with Gasteiger partial charge < -0.3 is 9.64 Å². The molecule has 1 aliphatic rings. The fourth-order valence-corrected chi connectivity index (χ4v) is 3.01. The zero-order valence-electron chi connectivity index (χ0n) is 14.0. The topological polar surface area (TPSA) is 15.7 Å². The van der Waals surface area contributed by atoms with E-state index in [4.69, 9.17) is 4.74 Å². The van der Waals surface area contributed by atoms with Crippen molar-refractivity contribution in [3.05, 3.63) is 66.0 Å². The van der Waals surface area contributed by atoms with Crippen molar-refractivity contribution in [1.82, 2.24) is 4.90 Å². The maximum atomic E-state index is 13.9. The van der Waals surface area contributed by atoms with Crippen LogP contribution in [0.2, 0.25) is 0 Å². The van der Waals surface area contributed by atoms with E-state index in [-0.39, 0.29) is 5.82 Å². The van der Waals surface area contributed by atoms with Gasteiger partial charge in [0.05, 0.1) is 12.8 Å². The summed E-state index contributed by atoms with van der Waals surface area (Å²) in [7, 11) is 1.69. The fraction of sp³-hybridized carbons (Fsp3) is 0.300. The summed E-state index contributed by atoms with van der Waals surface area (Å²) in [6.07, 6.45) is 4.26. The molecule has 0 atom stereocenters. The lowest BCUT2D eigenvalue weighted by Gasteiger charge is -2.35. The molecule has 0 bridgehead atoms. The van der Waals surface area contributed by atoms with Gasteiger partial charge in [-0.2, -0.15) is 0 Å². The highest BCUT2D eigenvalue weighted by Gasteiger charge is 2.18. The van der Waals surface area contributed by atoms with Crippen LogP contribution in [0.1, 0.15) is 5.56 Å². The molecule has 2 aromatic carbocycles. The van der Waals surface area contributed by atoms with E-state index in [1.165, 1.54) is 6.07 Å². The molecular formula is C20H23FN2O. The van der Waals surface area contributed by atoms with Gasteiger partial charge in [-0.3, -0.25) is 4.90 Å². The molecule has 0 aromatic heterocycles. The maximum absolute atomic E-state index is 13.9. The van der Waals surface area contributed by atoms with E-state index in [2.05, 4.69) is 22.0 Å². The maximum Gasteiger partial charge on any atom is 0.146 e. The van der Waals surface area contributed by atoms with E-state index in [1.54, 1.807) is 13.2 Å². The molecule has 1 heterocycles. The molecule has 0 N–H and O–H groups in total. The van der Waals surface area contributed by atoms with Crippen molar-refractivity contribution >= 4 is 11.8 Å². The number of nitrogens with zero attached hydrogens (tertiary/aromatic N) is 2. The number of halogens is 1. The lowest BCUT2D eigenvalue weighted by Crippen LogP contribution is -2.46. The standard InChI is InChI=1S/C20H23FN2O/c1-24-20-11-5-2-7-17(20)8-6-12-22-13-15-23(16-14-22)19-10-4-3-9-18(19)21/h2-11H,12-16H2,1H3. The second-order valence-electron chi connectivity index (χ2n) is 5.88.